The van der Waals surface area contributed by atoms with Crippen LogP contribution in [0.4, 0.5) is 5.69 Å². The monoisotopic (exact) mass is 181 g/mol. The fraction of sp³-hybridized carbons (Fsp3) is 0.200. The van der Waals surface area contributed by atoms with Gasteiger partial charge in [-0.05, 0) is 30.5 Å². The lowest BCUT2D eigenvalue weighted by Gasteiger charge is -2.07. The molecule has 0 spiro atoms. The molecule has 0 saturated heterocycles. The van der Waals surface area contributed by atoms with Crippen molar-refractivity contribution in [2.75, 3.05) is 5.73 Å². The van der Waals surface area contributed by atoms with Gasteiger partial charge in [-0.25, -0.2) is 0 Å². The van der Waals surface area contributed by atoms with Gasteiger partial charge < -0.3 is 5.73 Å². The van der Waals surface area contributed by atoms with Crippen LogP contribution in [-0.4, -0.2) is 0 Å². The second-order valence-electron chi connectivity index (χ2n) is 2.74. The Bertz CT molecular complexity index is 305. The van der Waals surface area contributed by atoms with Crippen LogP contribution in [0.3, 0.4) is 0 Å². The molecule has 0 radical (unpaired) electrons. The second kappa shape index (κ2) is 3.63. The lowest BCUT2D eigenvalue weighted by atomic mass is 10.1. The van der Waals surface area contributed by atoms with Crippen LogP contribution < -0.4 is 5.73 Å². The Morgan fingerprint density at radius 3 is 2.83 bits per heavy atom. The topological polar surface area (TPSA) is 26.0 Å². The third-order valence-electron chi connectivity index (χ3n) is 1.90. The number of benzene rings is 1. The maximum atomic E-state index is 5.88. The van der Waals surface area contributed by atoms with Crippen LogP contribution in [0.25, 0.3) is 0 Å². The van der Waals surface area contributed by atoms with E-state index in [4.69, 9.17) is 17.3 Å². The predicted octanol–water partition coefficient (Wildman–Crippen LogP) is 2.96. The molecule has 0 fully saturated rings. The predicted molar refractivity (Wildman–Crippen MR) is 54.5 cm³/mol. The minimum atomic E-state index is 0.723. The zero-order valence-electron chi connectivity index (χ0n) is 7.10. The molecule has 0 aromatic heterocycles. The van der Waals surface area contributed by atoms with Gasteiger partial charge in [-0.1, -0.05) is 23.7 Å². The molecule has 0 saturated carbocycles. The third-order valence-corrected chi connectivity index (χ3v) is 2.31. The average molecular weight is 182 g/mol. The van der Waals surface area contributed by atoms with Crippen molar-refractivity contribution in [1.29, 1.82) is 0 Å². The van der Waals surface area contributed by atoms with Crippen LogP contribution in [0.5, 0.6) is 0 Å². The second-order valence-corrected chi connectivity index (χ2v) is 3.15. The molecule has 1 rings (SSSR count). The van der Waals surface area contributed by atoms with Crippen molar-refractivity contribution in [1.82, 2.24) is 0 Å². The highest BCUT2D eigenvalue weighted by molar-refractivity contribution is 6.31. The molecule has 1 nitrogen and oxygen atoms in total. The summed E-state index contributed by atoms with van der Waals surface area (Å²) >= 11 is 5.88. The summed E-state index contributed by atoms with van der Waals surface area (Å²) in [6.07, 6.45) is 2.63. The van der Waals surface area contributed by atoms with Crippen molar-refractivity contribution in [3.05, 3.63) is 40.9 Å². The Morgan fingerprint density at radius 1 is 1.58 bits per heavy atom. The first-order valence-electron chi connectivity index (χ1n) is 3.81. The van der Waals surface area contributed by atoms with E-state index in [9.17, 15) is 0 Å². The van der Waals surface area contributed by atoms with Crippen molar-refractivity contribution in [2.24, 2.45) is 0 Å². The molecule has 0 heterocycles. The zero-order chi connectivity index (χ0) is 9.14. The van der Waals surface area contributed by atoms with Gasteiger partial charge in [0.2, 0.25) is 0 Å². The van der Waals surface area contributed by atoms with Crippen molar-refractivity contribution in [3.8, 4) is 0 Å². The minimum absolute atomic E-state index is 0.723. The number of hydrogen-bond donors (Lipinski definition) is 1. The number of hydrogen-bond acceptors (Lipinski definition) is 1. The summed E-state index contributed by atoms with van der Waals surface area (Å²) in [5.41, 5.74) is 8.66. The number of halogens is 1. The van der Waals surface area contributed by atoms with Crippen molar-refractivity contribution in [3.63, 3.8) is 0 Å². The summed E-state index contributed by atoms with van der Waals surface area (Å²) in [5.74, 6) is 0. The van der Waals surface area contributed by atoms with Crippen molar-refractivity contribution < 1.29 is 0 Å². The number of allylic oxidation sites excluding steroid dienone is 1. The first-order valence-corrected chi connectivity index (χ1v) is 4.19. The molecule has 0 aliphatic rings. The first-order chi connectivity index (χ1) is 5.66. The molecule has 0 unspecified atom stereocenters. The summed E-state index contributed by atoms with van der Waals surface area (Å²) < 4.78 is 0. The summed E-state index contributed by atoms with van der Waals surface area (Å²) in [5, 5.41) is 0.723. The normalized spacial score (nSPS) is 9.83. The lowest BCUT2D eigenvalue weighted by molar-refractivity contribution is 1.26. The molecule has 2 heteroatoms. The standard InChI is InChI=1S/C10H12ClN/c1-3-4-8-5-6-9(11)7(2)10(8)12/h3,5-6H,1,4,12H2,2H3. The van der Waals surface area contributed by atoms with E-state index in [1.165, 1.54) is 0 Å². The fourth-order valence-electron chi connectivity index (χ4n) is 1.09. The number of anilines is 1. The maximum Gasteiger partial charge on any atom is 0.0455 e. The van der Waals surface area contributed by atoms with Crippen LogP contribution in [0.1, 0.15) is 11.1 Å². The third kappa shape index (κ3) is 1.62. The summed E-state index contributed by atoms with van der Waals surface area (Å²) in [7, 11) is 0. The highest BCUT2D eigenvalue weighted by Gasteiger charge is 2.03. The Hall–Kier alpha value is -0.950. The van der Waals surface area contributed by atoms with E-state index in [1.54, 1.807) is 0 Å². The van der Waals surface area contributed by atoms with Gasteiger partial charge in [-0.3, -0.25) is 0 Å². The van der Waals surface area contributed by atoms with Gasteiger partial charge in [-0.15, -0.1) is 6.58 Å². The van der Waals surface area contributed by atoms with E-state index < -0.39 is 0 Å². The summed E-state index contributed by atoms with van der Waals surface area (Å²) in [6.45, 7) is 5.58. The van der Waals surface area contributed by atoms with E-state index in [1.807, 2.05) is 25.1 Å². The van der Waals surface area contributed by atoms with Crippen molar-refractivity contribution in [2.45, 2.75) is 13.3 Å². The molecule has 1 aromatic carbocycles. The molecule has 12 heavy (non-hydrogen) atoms. The molecular formula is C10H12ClN. The molecule has 1 aromatic rings. The number of nitrogen functional groups attached to an aromatic ring is 1. The highest BCUT2D eigenvalue weighted by atomic mass is 35.5. The van der Waals surface area contributed by atoms with Gasteiger partial charge in [-0.2, -0.15) is 0 Å². The minimum Gasteiger partial charge on any atom is -0.398 e. The van der Waals surface area contributed by atoms with Crippen LogP contribution >= 0.6 is 11.6 Å². The van der Waals surface area contributed by atoms with E-state index in [0.29, 0.717) is 0 Å². The molecule has 0 amide bonds. The van der Waals surface area contributed by atoms with Gasteiger partial charge in [0.05, 0.1) is 0 Å². The van der Waals surface area contributed by atoms with Crippen LogP contribution in [-0.2, 0) is 6.42 Å². The zero-order valence-corrected chi connectivity index (χ0v) is 7.86. The highest BCUT2D eigenvalue weighted by Crippen LogP contribution is 2.24. The lowest BCUT2D eigenvalue weighted by Crippen LogP contribution is -1.96. The molecule has 2 N–H and O–H groups in total. The smallest absolute Gasteiger partial charge is 0.0455 e. The summed E-state index contributed by atoms with van der Waals surface area (Å²) in [6, 6.07) is 3.80. The van der Waals surface area contributed by atoms with E-state index >= 15 is 0 Å². The van der Waals surface area contributed by atoms with Gasteiger partial charge >= 0.3 is 0 Å². The molecular weight excluding hydrogens is 170 g/mol. The molecule has 0 aliphatic carbocycles. The average Bonchev–Trinajstić information content (AvgIpc) is 2.07. The fourth-order valence-corrected chi connectivity index (χ4v) is 1.26. The summed E-state index contributed by atoms with van der Waals surface area (Å²) in [4.78, 5) is 0. The SMILES string of the molecule is C=CCc1ccc(Cl)c(C)c1N. The Kier molecular flexibility index (Phi) is 2.77. The van der Waals surface area contributed by atoms with E-state index in [-0.39, 0.29) is 0 Å². The van der Waals surface area contributed by atoms with Gasteiger partial charge in [0.25, 0.3) is 0 Å². The quantitative estimate of drug-likeness (QED) is 0.551. The first kappa shape index (κ1) is 9.14. The largest absolute Gasteiger partial charge is 0.398 e. The Labute approximate surface area is 77.8 Å². The number of nitrogens with two attached hydrogens (primary N) is 1. The van der Waals surface area contributed by atoms with E-state index in [0.717, 1.165) is 28.3 Å². The maximum absolute atomic E-state index is 5.88. The Balaban J connectivity index is 3.16. The molecule has 0 aliphatic heterocycles. The van der Waals surface area contributed by atoms with Crippen LogP contribution in [0, 0.1) is 6.92 Å². The van der Waals surface area contributed by atoms with Gasteiger partial charge in [0, 0.05) is 10.7 Å². The van der Waals surface area contributed by atoms with E-state index in [2.05, 4.69) is 6.58 Å². The molecule has 0 atom stereocenters. The number of rotatable bonds is 2. The molecule has 64 valence electrons. The van der Waals surface area contributed by atoms with Gasteiger partial charge in [0.15, 0.2) is 0 Å². The van der Waals surface area contributed by atoms with Crippen LogP contribution in [0.2, 0.25) is 5.02 Å². The van der Waals surface area contributed by atoms with Crippen molar-refractivity contribution >= 4 is 17.3 Å². The Morgan fingerprint density at radius 2 is 2.25 bits per heavy atom. The van der Waals surface area contributed by atoms with Gasteiger partial charge in [0.1, 0.15) is 0 Å². The van der Waals surface area contributed by atoms with Crippen LogP contribution in [0.15, 0.2) is 24.8 Å². The molecule has 0 bridgehead atoms.